The zero-order valence-corrected chi connectivity index (χ0v) is 19.8. The van der Waals surface area contributed by atoms with Crippen molar-refractivity contribution in [2.75, 3.05) is 32.1 Å². The molecule has 0 unspecified atom stereocenters. The first-order valence-corrected chi connectivity index (χ1v) is 11.2. The molecule has 1 aromatic carbocycles. The number of likely N-dealkylation sites (tertiary alicyclic amines) is 1. The third kappa shape index (κ3) is 5.22. The van der Waals surface area contributed by atoms with Crippen LogP contribution in [0.4, 0.5) is 10.6 Å². The standard InChI is InChI=1S/C22H28Cl2N4O3/c1-5-16-20(14-9-8-13(23)10-15(14)24)25-17(6-2)21(26-16)27-18-11-28(22(29)30-4)12-19(18)31-7-3/h8-10,18-19H,5-7,11-12H2,1-4H3,(H,26,27)/t18-,19+/m0/s1. The molecule has 1 aliphatic rings. The number of hydrogen-bond acceptors (Lipinski definition) is 6. The maximum absolute atomic E-state index is 12.0. The smallest absolute Gasteiger partial charge is 0.409 e. The predicted molar refractivity (Wildman–Crippen MR) is 123 cm³/mol. The Labute approximate surface area is 193 Å². The number of rotatable bonds is 7. The number of aromatic nitrogens is 2. The molecule has 0 radical (unpaired) electrons. The van der Waals surface area contributed by atoms with E-state index in [4.69, 9.17) is 42.6 Å². The molecule has 0 spiro atoms. The quantitative estimate of drug-likeness (QED) is 0.628. The Hall–Kier alpha value is -2.09. The molecule has 0 aliphatic carbocycles. The largest absolute Gasteiger partial charge is 0.453 e. The molecule has 2 atom stereocenters. The summed E-state index contributed by atoms with van der Waals surface area (Å²) in [6, 6.07) is 5.27. The fourth-order valence-electron chi connectivity index (χ4n) is 3.76. The molecule has 1 aliphatic heterocycles. The van der Waals surface area contributed by atoms with E-state index >= 15 is 0 Å². The lowest BCUT2D eigenvalue weighted by Gasteiger charge is -2.22. The van der Waals surface area contributed by atoms with Gasteiger partial charge in [-0.05, 0) is 38.0 Å². The average molecular weight is 467 g/mol. The summed E-state index contributed by atoms with van der Waals surface area (Å²) in [7, 11) is 1.38. The van der Waals surface area contributed by atoms with Crippen molar-refractivity contribution in [3.05, 3.63) is 39.6 Å². The summed E-state index contributed by atoms with van der Waals surface area (Å²) >= 11 is 12.5. The minimum Gasteiger partial charge on any atom is -0.453 e. The van der Waals surface area contributed by atoms with E-state index in [0.29, 0.717) is 48.4 Å². The SMILES string of the molecule is CCO[C@@H]1CN(C(=O)OC)C[C@@H]1Nc1nc(CC)c(-c2ccc(Cl)cc2Cl)nc1CC. The zero-order chi connectivity index (χ0) is 22.5. The summed E-state index contributed by atoms with van der Waals surface area (Å²) in [6.07, 6.45) is 0.849. The highest BCUT2D eigenvalue weighted by Gasteiger charge is 2.37. The summed E-state index contributed by atoms with van der Waals surface area (Å²) in [5.41, 5.74) is 3.22. The van der Waals surface area contributed by atoms with Crippen LogP contribution in [-0.2, 0) is 22.3 Å². The monoisotopic (exact) mass is 466 g/mol. The number of anilines is 1. The van der Waals surface area contributed by atoms with Crippen molar-refractivity contribution in [1.82, 2.24) is 14.9 Å². The molecule has 1 N–H and O–H groups in total. The van der Waals surface area contributed by atoms with Gasteiger partial charge in [0.15, 0.2) is 0 Å². The predicted octanol–water partition coefficient (Wildman–Crippen LogP) is 4.84. The Balaban J connectivity index is 1.95. The van der Waals surface area contributed by atoms with E-state index in [9.17, 15) is 4.79 Å². The Bertz CT molecular complexity index is 941. The van der Waals surface area contributed by atoms with E-state index in [0.717, 1.165) is 22.6 Å². The number of amides is 1. The van der Waals surface area contributed by atoms with Crippen molar-refractivity contribution in [3.63, 3.8) is 0 Å². The lowest BCUT2D eigenvalue weighted by molar-refractivity contribution is 0.0613. The van der Waals surface area contributed by atoms with Crippen LogP contribution in [0.5, 0.6) is 0 Å². The molecule has 2 aromatic rings. The highest BCUT2D eigenvalue weighted by atomic mass is 35.5. The molecule has 7 nitrogen and oxygen atoms in total. The van der Waals surface area contributed by atoms with Crippen LogP contribution >= 0.6 is 23.2 Å². The molecule has 3 rings (SSSR count). The Morgan fingerprint density at radius 3 is 2.52 bits per heavy atom. The third-order valence-corrected chi connectivity index (χ3v) is 5.85. The van der Waals surface area contributed by atoms with Gasteiger partial charge in [0.05, 0.1) is 47.9 Å². The number of benzene rings is 1. The van der Waals surface area contributed by atoms with Crippen LogP contribution in [-0.4, -0.2) is 59.9 Å². The van der Waals surface area contributed by atoms with Crippen LogP contribution in [0.1, 0.15) is 32.2 Å². The molecule has 31 heavy (non-hydrogen) atoms. The van der Waals surface area contributed by atoms with Gasteiger partial charge in [0, 0.05) is 23.7 Å². The molecule has 0 saturated carbocycles. The highest BCUT2D eigenvalue weighted by Crippen LogP contribution is 2.33. The number of methoxy groups -OCH3 is 1. The van der Waals surface area contributed by atoms with Gasteiger partial charge in [0.25, 0.3) is 0 Å². The number of carbonyl (C=O) groups is 1. The molecule has 168 valence electrons. The first-order chi connectivity index (χ1) is 14.9. The van der Waals surface area contributed by atoms with Gasteiger partial charge >= 0.3 is 6.09 Å². The van der Waals surface area contributed by atoms with E-state index in [1.54, 1.807) is 17.0 Å². The van der Waals surface area contributed by atoms with Gasteiger partial charge < -0.3 is 19.7 Å². The maximum Gasteiger partial charge on any atom is 0.409 e. The maximum atomic E-state index is 12.0. The molecule has 1 aromatic heterocycles. The van der Waals surface area contributed by atoms with E-state index in [1.807, 2.05) is 26.8 Å². The fourth-order valence-corrected chi connectivity index (χ4v) is 4.26. The number of aryl methyl sites for hydroxylation is 2. The van der Waals surface area contributed by atoms with Crippen molar-refractivity contribution in [2.24, 2.45) is 0 Å². The van der Waals surface area contributed by atoms with Gasteiger partial charge in [-0.15, -0.1) is 0 Å². The highest BCUT2D eigenvalue weighted by molar-refractivity contribution is 6.36. The number of halogens is 2. The van der Waals surface area contributed by atoms with Crippen molar-refractivity contribution in [2.45, 2.75) is 45.8 Å². The van der Waals surface area contributed by atoms with Crippen LogP contribution in [0.2, 0.25) is 10.0 Å². The normalized spacial score (nSPS) is 18.3. The van der Waals surface area contributed by atoms with Gasteiger partial charge in [-0.3, -0.25) is 0 Å². The van der Waals surface area contributed by atoms with Gasteiger partial charge in [-0.2, -0.15) is 0 Å². The van der Waals surface area contributed by atoms with Gasteiger partial charge in [-0.25, -0.2) is 14.8 Å². The topological polar surface area (TPSA) is 76.6 Å². The van der Waals surface area contributed by atoms with Gasteiger partial charge in [0.2, 0.25) is 0 Å². The van der Waals surface area contributed by atoms with Crippen LogP contribution in [0.15, 0.2) is 18.2 Å². The minimum atomic E-state index is -0.363. The summed E-state index contributed by atoms with van der Waals surface area (Å²) < 4.78 is 10.8. The van der Waals surface area contributed by atoms with Crippen molar-refractivity contribution in [1.29, 1.82) is 0 Å². The second-order valence-corrected chi connectivity index (χ2v) is 8.11. The first-order valence-electron chi connectivity index (χ1n) is 10.5. The lowest BCUT2D eigenvalue weighted by atomic mass is 10.1. The molecule has 1 saturated heterocycles. The molecule has 2 heterocycles. The van der Waals surface area contributed by atoms with Crippen LogP contribution in [0, 0.1) is 0 Å². The second kappa shape index (κ2) is 10.5. The Morgan fingerprint density at radius 1 is 1.16 bits per heavy atom. The summed E-state index contributed by atoms with van der Waals surface area (Å²) in [4.78, 5) is 23.5. The molecule has 0 bridgehead atoms. The van der Waals surface area contributed by atoms with Crippen molar-refractivity contribution in [3.8, 4) is 11.3 Å². The van der Waals surface area contributed by atoms with E-state index in [-0.39, 0.29) is 18.2 Å². The minimum absolute atomic E-state index is 0.117. The third-order valence-electron chi connectivity index (χ3n) is 5.30. The number of ether oxygens (including phenoxy) is 2. The number of hydrogen-bond donors (Lipinski definition) is 1. The number of nitrogens with one attached hydrogen (secondary N) is 1. The molecule has 1 amide bonds. The molecule has 1 fully saturated rings. The first kappa shape index (κ1) is 23.6. The van der Waals surface area contributed by atoms with Crippen molar-refractivity contribution < 1.29 is 14.3 Å². The summed E-state index contributed by atoms with van der Waals surface area (Å²) in [5, 5.41) is 4.60. The molecular formula is C22H28Cl2N4O3. The fraction of sp³-hybridized carbons (Fsp3) is 0.500. The lowest BCUT2D eigenvalue weighted by Crippen LogP contribution is -2.35. The molecular weight excluding hydrogens is 439 g/mol. The summed E-state index contributed by atoms with van der Waals surface area (Å²) in [6.45, 7) is 7.49. The second-order valence-electron chi connectivity index (χ2n) is 7.27. The number of carbonyl (C=O) groups excluding carboxylic acids is 1. The van der Waals surface area contributed by atoms with Gasteiger partial charge in [-0.1, -0.05) is 37.0 Å². The molecule has 9 heteroatoms. The summed E-state index contributed by atoms with van der Waals surface area (Å²) in [5.74, 6) is 0.703. The van der Waals surface area contributed by atoms with Crippen molar-refractivity contribution >= 4 is 35.1 Å². The zero-order valence-electron chi connectivity index (χ0n) is 18.2. The van der Waals surface area contributed by atoms with Crippen LogP contribution < -0.4 is 5.32 Å². The Kier molecular flexibility index (Phi) is 7.97. The van der Waals surface area contributed by atoms with Crippen LogP contribution in [0.3, 0.4) is 0 Å². The Morgan fingerprint density at radius 2 is 1.90 bits per heavy atom. The average Bonchev–Trinajstić information content (AvgIpc) is 3.15. The van der Waals surface area contributed by atoms with E-state index in [1.165, 1.54) is 7.11 Å². The number of nitrogens with zero attached hydrogens (tertiary/aromatic N) is 3. The van der Waals surface area contributed by atoms with Crippen LogP contribution in [0.25, 0.3) is 11.3 Å². The van der Waals surface area contributed by atoms with E-state index < -0.39 is 0 Å². The van der Waals surface area contributed by atoms with E-state index in [2.05, 4.69) is 5.32 Å². The van der Waals surface area contributed by atoms with Gasteiger partial charge in [0.1, 0.15) is 5.82 Å².